The summed E-state index contributed by atoms with van der Waals surface area (Å²) in [4.78, 5) is 0. The van der Waals surface area contributed by atoms with Gasteiger partial charge in [0.2, 0.25) is 0 Å². The van der Waals surface area contributed by atoms with E-state index in [1.807, 2.05) is 6.07 Å². The van der Waals surface area contributed by atoms with Crippen LogP contribution >= 0.6 is 0 Å². The highest BCUT2D eigenvalue weighted by atomic mass is 19.1. The van der Waals surface area contributed by atoms with Crippen molar-refractivity contribution in [2.45, 2.75) is 38.4 Å². The lowest BCUT2D eigenvalue weighted by atomic mass is 10.1. The molecule has 1 fully saturated rings. The van der Waals surface area contributed by atoms with Crippen LogP contribution in [0.2, 0.25) is 0 Å². The molecule has 1 N–H and O–H groups in total. The lowest BCUT2D eigenvalue weighted by Crippen LogP contribution is -2.25. The number of nitrogens with zero attached hydrogens (tertiary/aromatic N) is 1. The van der Waals surface area contributed by atoms with Gasteiger partial charge in [0.25, 0.3) is 0 Å². The van der Waals surface area contributed by atoms with Gasteiger partial charge in [-0.25, -0.2) is 4.39 Å². The number of hydrogen-bond donors (Lipinski definition) is 1. The van der Waals surface area contributed by atoms with Crippen LogP contribution in [0, 0.1) is 17.1 Å². The first-order chi connectivity index (χ1) is 8.50. The van der Waals surface area contributed by atoms with E-state index in [9.17, 15) is 4.39 Å². The third-order valence-corrected chi connectivity index (χ3v) is 3.17. The van der Waals surface area contributed by atoms with E-state index in [1.165, 1.54) is 6.07 Å². The fraction of sp³-hybridized carbons (Fsp3) is 0.500. The second-order valence-corrected chi connectivity index (χ2v) is 5.23. The monoisotopic (exact) mass is 248 g/mol. The smallest absolute Gasteiger partial charge is 0.147 e. The van der Waals surface area contributed by atoms with Crippen LogP contribution in [-0.4, -0.2) is 18.2 Å². The predicted octanol–water partition coefficient (Wildman–Crippen LogP) is 3.07. The highest BCUT2D eigenvalue weighted by molar-refractivity contribution is 5.48. The second-order valence-electron chi connectivity index (χ2n) is 5.23. The Balaban J connectivity index is 1.93. The Bertz CT molecular complexity index is 479. The molecule has 0 spiro atoms. The summed E-state index contributed by atoms with van der Waals surface area (Å²) < 4.78 is 19.4. The van der Waals surface area contributed by atoms with Gasteiger partial charge in [0.05, 0.1) is 29.0 Å². The molecule has 1 aromatic rings. The zero-order valence-corrected chi connectivity index (χ0v) is 10.7. The Kier molecular flexibility index (Phi) is 3.53. The summed E-state index contributed by atoms with van der Waals surface area (Å²) in [5.41, 5.74) is 0.675. The van der Waals surface area contributed by atoms with Crippen LogP contribution in [0.3, 0.4) is 0 Å². The lowest BCUT2D eigenvalue weighted by Gasteiger charge is -2.19. The zero-order chi connectivity index (χ0) is 13.2. The van der Waals surface area contributed by atoms with Gasteiger partial charge in [-0.1, -0.05) is 0 Å². The van der Waals surface area contributed by atoms with Crippen LogP contribution in [0.4, 0.5) is 10.1 Å². The first kappa shape index (κ1) is 12.8. The van der Waals surface area contributed by atoms with Crippen molar-refractivity contribution in [1.82, 2.24) is 0 Å². The van der Waals surface area contributed by atoms with Crippen molar-refractivity contribution in [2.75, 3.05) is 11.9 Å². The molecular weight excluding hydrogens is 231 g/mol. The molecule has 1 unspecified atom stereocenters. The first-order valence-electron chi connectivity index (χ1n) is 6.11. The minimum absolute atomic E-state index is 0.0739. The highest BCUT2D eigenvalue weighted by Gasteiger charge is 2.31. The molecule has 1 saturated heterocycles. The number of anilines is 1. The van der Waals surface area contributed by atoms with Gasteiger partial charge < -0.3 is 10.1 Å². The average Bonchev–Trinajstić information content (AvgIpc) is 2.67. The number of hydrogen-bond acceptors (Lipinski definition) is 3. The van der Waals surface area contributed by atoms with E-state index in [0.717, 1.165) is 12.8 Å². The molecular formula is C14H17FN2O. The molecule has 96 valence electrons. The summed E-state index contributed by atoms with van der Waals surface area (Å²) in [6, 6.07) is 6.34. The van der Waals surface area contributed by atoms with Crippen molar-refractivity contribution in [3.05, 3.63) is 29.6 Å². The van der Waals surface area contributed by atoms with Gasteiger partial charge in [0.15, 0.2) is 0 Å². The molecule has 3 nitrogen and oxygen atoms in total. The maximum atomic E-state index is 13.6. The fourth-order valence-electron chi connectivity index (χ4n) is 2.17. The van der Waals surface area contributed by atoms with Crippen LogP contribution in [0.5, 0.6) is 0 Å². The van der Waals surface area contributed by atoms with Crippen LogP contribution in [0.1, 0.15) is 32.3 Å². The molecule has 4 heteroatoms. The Morgan fingerprint density at radius 3 is 2.89 bits per heavy atom. The maximum absolute atomic E-state index is 13.6. The van der Waals surface area contributed by atoms with Gasteiger partial charge in [-0.3, -0.25) is 0 Å². The number of halogens is 1. The highest BCUT2D eigenvalue weighted by Crippen LogP contribution is 2.29. The summed E-state index contributed by atoms with van der Waals surface area (Å²) in [5, 5.41) is 11.7. The molecule has 2 rings (SSSR count). The van der Waals surface area contributed by atoms with Crippen molar-refractivity contribution in [2.24, 2.45) is 0 Å². The van der Waals surface area contributed by atoms with Gasteiger partial charge in [0, 0.05) is 6.54 Å². The van der Waals surface area contributed by atoms with Crippen LogP contribution in [0.25, 0.3) is 0 Å². The Morgan fingerprint density at radius 2 is 2.33 bits per heavy atom. The first-order valence-corrected chi connectivity index (χ1v) is 6.11. The fourth-order valence-corrected chi connectivity index (χ4v) is 2.17. The quantitative estimate of drug-likeness (QED) is 0.894. The van der Waals surface area contributed by atoms with Gasteiger partial charge in [0.1, 0.15) is 5.82 Å². The minimum Gasteiger partial charge on any atom is -0.380 e. The average molecular weight is 248 g/mol. The molecule has 1 aliphatic rings. The third-order valence-electron chi connectivity index (χ3n) is 3.17. The summed E-state index contributed by atoms with van der Waals surface area (Å²) in [6.45, 7) is 4.72. The van der Waals surface area contributed by atoms with Crippen molar-refractivity contribution in [3.8, 4) is 6.07 Å². The van der Waals surface area contributed by atoms with Gasteiger partial charge in [-0.15, -0.1) is 0 Å². The molecule has 1 atom stereocenters. The molecule has 18 heavy (non-hydrogen) atoms. The molecule has 1 heterocycles. The van der Waals surface area contributed by atoms with Gasteiger partial charge in [-0.2, -0.15) is 5.26 Å². The Morgan fingerprint density at radius 1 is 1.56 bits per heavy atom. The normalized spacial score (nSPS) is 21.6. The van der Waals surface area contributed by atoms with Crippen LogP contribution < -0.4 is 5.32 Å². The molecule has 1 aliphatic heterocycles. The SMILES string of the molecule is CC1(C)CCC(CNc2ccc(C#N)cc2F)O1. The third kappa shape index (κ3) is 2.99. The van der Waals surface area contributed by atoms with Crippen molar-refractivity contribution in [3.63, 3.8) is 0 Å². The summed E-state index contributed by atoms with van der Waals surface area (Å²) in [7, 11) is 0. The van der Waals surface area contributed by atoms with Crippen molar-refractivity contribution < 1.29 is 9.13 Å². The van der Waals surface area contributed by atoms with E-state index in [4.69, 9.17) is 10.00 Å². The molecule has 1 aromatic carbocycles. The summed E-state index contributed by atoms with van der Waals surface area (Å²) >= 11 is 0. The maximum Gasteiger partial charge on any atom is 0.147 e. The zero-order valence-electron chi connectivity index (χ0n) is 10.7. The number of rotatable bonds is 3. The van der Waals surface area contributed by atoms with E-state index < -0.39 is 5.82 Å². The molecule has 0 radical (unpaired) electrons. The predicted molar refractivity (Wildman–Crippen MR) is 67.8 cm³/mol. The molecule has 0 amide bonds. The Labute approximate surface area is 107 Å². The standard InChI is InChI=1S/C14H17FN2O/c1-14(2)6-5-11(18-14)9-17-13-4-3-10(8-16)7-12(13)15/h3-4,7,11,17H,5-6,9H2,1-2H3. The Hall–Kier alpha value is -1.60. The lowest BCUT2D eigenvalue weighted by molar-refractivity contribution is -0.00912. The molecule has 0 bridgehead atoms. The largest absolute Gasteiger partial charge is 0.380 e. The van der Waals surface area contributed by atoms with Gasteiger partial charge >= 0.3 is 0 Å². The number of benzene rings is 1. The molecule has 0 saturated carbocycles. The van der Waals surface area contributed by atoms with E-state index in [1.54, 1.807) is 12.1 Å². The number of ether oxygens (including phenoxy) is 1. The number of nitriles is 1. The van der Waals surface area contributed by atoms with E-state index in [-0.39, 0.29) is 11.7 Å². The van der Waals surface area contributed by atoms with E-state index >= 15 is 0 Å². The van der Waals surface area contributed by atoms with Gasteiger partial charge in [-0.05, 0) is 44.9 Å². The minimum atomic E-state index is -0.397. The topological polar surface area (TPSA) is 45.0 Å². The van der Waals surface area contributed by atoms with Crippen LogP contribution in [0.15, 0.2) is 18.2 Å². The number of nitrogens with one attached hydrogen (secondary N) is 1. The molecule has 0 aromatic heterocycles. The van der Waals surface area contributed by atoms with E-state index in [2.05, 4.69) is 19.2 Å². The van der Waals surface area contributed by atoms with Crippen molar-refractivity contribution >= 4 is 5.69 Å². The van der Waals surface area contributed by atoms with Crippen molar-refractivity contribution in [1.29, 1.82) is 5.26 Å². The van der Waals surface area contributed by atoms with Crippen LogP contribution in [-0.2, 0) is 4.74 Å². The summed E-state index contributed by atoms with van der Waals surface area (Å²) in [5.74, 6) is -0.397. The van der Waals surface area contributed by atoms with E-state index in [0.29, 0.717) is 17.8 Å². The second kappa shape index (κ2) is 4.95. The summed E-state index contributed by atoms with van der Waals surface area (Å²) in [6.07, 6.45) is 2.13. The molecule has 0 aliphatic carbocycles.